The Morgan fingerprint density at radius 3 is 1.10 bits per heavy atom. The summed E-state index contributed by atoms with van der Waals surface area (Å²) < 4.78 is 1.37. The van der Waals surface area contributed by atoms with Crippen LogP contribution in [-0.4, -0.2) is 4.70 Å². The van der Waals surface area contributed by atoms with Gasteiger partial charge in [-0.2, -0.15) is 12.8 Å². The number of hydrogen-bond acceptors (Lipinski definition) is 0. The minimum Gasteiger partial charge on any atom is -0.493 e. The largest absolute Gasteiger partial charge is 2.00 e. The van der Waals surface area contributed by atoms with Crippen molar-refractivity contribution in [3.05, 3.63) is 102 Å². The topological polar surface area (TPSA) is 25.3 Å². The Kier molecular flexibility index (Phi) is 40.9. The van der Waals surface area contributed by atoms with Crippen LogP contribution >= 0.6 is 0 Å². The molecule has 0 radical (unpaired) electrons. The van der Waals surface area contributed by atoms with Crippen molar-refractivity contribution < 1.29 is 21.2 Å². The van der Waals surface area contributed by atoms with Gasteiger partial charge >= 0.3 is 16.5 Å². The van der Waals surface area contributed by atoms with E-state index in [1.807, 2.05) is 0 Å². The van der Waals surface area contributed by atoms with Gasteiger partial charge in [-0.25, -0.2) is 4.70 Å². The smallest absolute Gasteiger partial charge is 0.493 e. The average molecular weight is 868 g/mol. The van der Waals surface area contributed by atoms with E-state index in [0.29, 0.717) is 0 Å². The van der Waals surface area contributed by atoms with Gasteiger partial charge < -0.3 is 19.4 Å². The van der Waals surface area contributed by atoms with Gasteiger partial charge in [0.05, 0.1) is 0 Å². The van der Waals surface area contributed by atoms with E-state index in [1.165, 1.54) is 208 Å². The van der Waals surface area contributed by atoms with E-state index >= 15 is 0 Å². The fourth-order valence-electron chi connectivity index (χ4n) is 8.09. The van der Waals surface area contributed by atoms with Crippen LogP contribution in [0.3, 0.4) is 0 Å². The first-order chi connectivity index (χ1) is 29.0. The van der Waals surface area contributed by atoms with Gasteiger partial charge in [0.25, 0.3) is 0 Å². The summed E-state index contributed by atoms with van der Waals surface area (Å²) in [6.07, 6.45) is 48.7. The van der Waals surface area contributed by atoms with Crippen molar-refractivity contribution in [2.45, 2.75) is 253 Å². The van der Waals surface area contributed by atoms with Crippen molar-refractivity contribution in [1.29, 1.82) is 0 Å². The second kappa shape index (κ2) is 42.3. The number of unbranched alkanes of at least 4 members (excludes halogenated alkanes) is 28. The minimum atomic E-state index is 0. The molecule has 1 heterocycles. The minimum absolute atomic E-state index is 0. The van der Waals surface area contributed by atoms with E-state index in [2.05, 4.69) is 103 Å². The summed E-state index contributed by atoms with van der Waals surface area (Å²) in [7, 11) is 0. The van der Waals surface area contributed by atoms with Gasteiger partial charge in [0.15, 0.2) is 0 Å². The summed E-state index contributed by atoms with van der Waals surface area (Å²) in [6, 6.07) is 17.1. The van der Waals surface area contributed by atoms with Gasteiger partial charge in [0.1, 0.15) is 0 Å². The molecular formula is C57H96N2Ni. The predicted octanol–water partition coefficient (Wildman–Crippen LogP) is 19.8. The molecule has 344 valence electrons. The molecular weight excluding hydrogens is 771 g/mol. The first kappa shape index (κ1) is 58.0. The van der Waals surface area contributed by atoms with E-state index in [9.17, 15) is 5.53 Å². The van der Waals surface area contributed by atoms with Crippen LogP contribution in [0.15, 0.2) is 60.2 Å². The molecule has 0 aromatic heterocycles. The van der Waals surface area contributed by atoms with Crippen LogP contribution < -0.4 is 0 Å². The molecule has 2 nitrogen and oxygen atoms in total. The van der Waals surface area contributed by atoms with E-state index in [0.717, 1.165) is 53.8 Å². The van der Waals surface area contributed by atoms with Crippen LogP contribution in [0.5, 0.6) is 0 Å². The van der Waals surface area contributed by atoms with Crippen LogP contribution in [0.25, 0.3) is 16.9 Å². The van der Waals surface area contributed by atoms with Crippen molar-refractivity contribution >= 4 is 11.4 Å². The first-order valence-electron chi connectivity index (χ1n) is 25.7. The first-order valence-corrected chi connectivity index (χ1v) is 25.7. The number of benzene rings is 2. The molecule has 0 fully saturated rings. The molecule has 3 rings (SSSR count). The summed E-state index contributed by atoms with van der Waals surface area (Å²) in [5.41, 5.74) is 18.6. The van der Waals surface area contributed by atoms with Gasteiger partial charge in [-0.3, -0.25) is 0 Å². The van der Waals surface area contributed by atoms with Gasteiger partial charge in [0.2, 0.25) is 11.4 Å². The maximum atomic E-state index is 11.0. The monoisotopic (exact) mass is 867 g/mol. The molecule has 0 saturated carbocycles. The molecule has 0 bridgehead atoms. The number of aryl methyl sites for hydroxylation is 2. The molecule has 0 atom stereocenters. The number of allylic oxidation sites excluding steroid dienone is 2. The second-order valence-corrected chi connectivity index (χ2v) is 17.7. The SMILES string of the molecule is CCCCc1cccc(C2=CC(C)=C(c3cccc(CCCC)c3)[N+]2=[N-])c1.[CH2-]CCCCCCCCCCCCCCC.[CH2-]CCCCCCCCCCCCCCC.[Ni+2]. The van der Waals surface area contributed by atoms with Crippen molar-refractivity contribution in [2.24, 2.45) is 0 Å². The van der Waals surface area contributed by atoms with Crippen LogP contribution in [-0.2, 0) is 29.3 Å². The summed E-state index contributed by atoms with van der Waals surface area (Å²) in [4.78, 5) is 0. The van der Waals surface area contributed by atoms with Gasteiger partial charge in [-0.05, 0) is 68.0 Å². The van der Waals surface area contributed by atoms with Crippen LogP contribution in [0, 0.1) is 13.8 Å². The molecule has 60 heavy (non-hydrogen) atoms. The Morgan fingerprint density at radius 2 is 0.750 bits per heavy atom. The summed E-state index contributed by atoms with van der Waals surface area (Å²) >= 11 is 0. The van der Waals surface area contributed by atoms with Crippen LogP contribution in [0.1, 0.15) is 262 Å². The number of rotatable bonds is 34. The zero-order valence-electron chi connectivity index (χ0n) is 40.4. The normalized spacial score (nSPS) is 12.1. The zero-order valence-corrected chi connectivity index (χ0v) is 41.4. The van der Waals surface area contributed by atoms with Crippen molar-refractivity contribution in [3.8, 4) is 0 Å². The Balaban J connectivity index is 0.000000921. The van der Waals surface area contributed by atoms with Gasteiger partial charge in [0, 0.05) is 22.8 Å². The number of nitrogens with zero attached hydrogens (tertiary/aromatic N) is 2. The summed E-state index contributed by atoms with van der Waals surface area (Å²) in [6.45, 7) is 18.8. The Bertz CT molecular complexity index is 1280. The van der Waals surface area contributed by atoms with Crippen molar-refractivity contribution in [1.82, 2.24) is 0 Å². The Hall–Kier alpha value is -1.99. The number of hydrogen-bond donors (Lipinski definition) is 0. The average Bonchev–Trinajstić information content (AvgIpc) is 3.56. The van der Waals surface area contributed by atoms with E-state index in [1.54, 1.807) is 0 Å². The molecule has 0 unspecified atom stereocenters. The molecule has 0 aliphatic carbocycles. The third-order valence-electron chi connectivity index (χ3n) is 11.9. The Labute approximate surface area is 385 Å². The molecule has 2 aromatic carbocycles. The third kappa shape index (κ3) is 29.3. The van der Waals surface area contributed by atoms with Crippen LogP contribution in [0.4, 0.5) is 0 Å². The van der Waals surface area contributed by atoms with Crippen molar-refractivity contribution in [2.75, 3.05) is 0 Å². The maximum absolute atomic E-state index is 11.0. The van der Waals surface area contributed by atoms with Gasteiger partial charge in [-0.15, -0.1) is 0 Å². The molecule has 1 aliphatic rings. The predicted molar refractivity (Wildman–Crippen MR) is 266 cm³/mol. The van der Waals surface area contributed by atoms with E-state index in [-0.39, 0.29) is 16.5 Å². The molecule has 0 amide bonds. The van der Waals surface area contributed by atoms with E-state index < -0.39 is 0 Å². The molecule has 1 aliphatic heterocycles. The summed E-state index contributed by atoms with van der Waals surface area (Å²) in [5.74, 6) is 0. The Morgan fingerprint density at radius 1 is 0.433 bits per heavy atom. The second-order valence-electron chi connectivity index (χ2n) is 17.7. The molecule has 0 N–H and O–H groups in total. The molecule has 0 spiro atoms. The summed E-state index contributed by atoms with van der Waals surface area (Å²) in [5, 5.41) is 0. The molecule has 3 heteroatoms. The quantitative estimate of drug-likeness (QED) is 0.0290. The fraction of sp³-hybridized carbons (Fsp3) is 0.684. The van der Waals surface area contributed by atoms with Crippen molar-refractivity contribution in [3.63, 3.8) is 0 Å². The molecule has 2 aromatic rings. The maximum Gasteiger partial charge on any atom is 2.00 e. The standard InChI is InChI=1S/C25H30N2.2C16H33.Ni/c1-4-6-10-20-12-8-14-22(17-20)24-16-19(3)25(27(24)26)23-15-9-13-21(18-23)11-7-5-2;2*1-3-5-7-9-11-13-15-16-14-12-10-8-6-4-2;/h8-9,12-18H,4-7,10-11H2,1-3H3;2*1,3-16H2,2H3;/q;2*-1;+2. The fourth-order valence-corrected chi connectivity index (χ4v) is 8.09. The van der Waals surface area contributed by atoms with E-state index in [4.69, 9.17) is 0 Å². The molecule has 0 saturated heterocycles. The zero-order chi connectivity index (χ0) is 43.0. The van der Waals surface area contributed by atoms with Crippen LogP contribution in [0.2, 0.25) is 0 Å². The third-order valence-corrected chi connectivity index (χ3v) is 11.9. The van der Waals surface area contributed by atoms with Gasteiger partial charge in [-0.1, -0.05) is 232 Å².